The second-order valence-corrected chi connectivity index (χ2v) is 10.1. The molecule has 3 aromatic rings. The first-order valence-corrected chi connectivity index (χ1v) is 13.3. The lowest BCUT2D eigenvalue weighted by molar-refractivity contribution is -0.138. The number of carbonyl (C=O) groups is 1. The minimum atomic E-state index is -0.650. The smallest absolute Gasteiger partial charge is 0.338 e. The summed E-state index contributed by atoms with van der Waals surface area (Å²) in [6.07, 6.45) is 6.64. The number of thiazole rings is 1. The summed E-state index contributed by atoms with van der Waals surface area (Å²) in [6.45, 7) is 8.29. The van der Waals surface area contributed by atoms with Gasteiger partial charge in [0.2, 0.25) is 0 Å². The van der Waals surface area contributed by atoms with Gasteiger partial charge in [-0.25, -0.2) is 9.79 Å². The predicted octanol–water partition coefficient (Wildman–Crippen LogP) is 4.59. The number of benzene rings is 1. The minimum absolute atomic E-state index is 0.0790. The Labute approximate surface area is 212 Å². The average Bonchev–Trinajstić information content (AvgIpc) is 3.48. The second kappa shape index (κ2) is 11.5. The summed E-state index contributed by atoms with van der Waals surface area (Å²) in [5, 5.41) is 1.97. The number of unbranched alkanes of at least 4 members (excludes halogenated alkanes) is 2. The van der Waals surface area contributed by atoms with Crippen LogP contribution in [0.2, 0.25) is 0 Å². The van der Waals surface area contributed by atoms with Gasteiger partial charge in [0.25, 0.3) is 5.56 Å². The van der Waals surface area contributed by atoms with Gasteiger partial charge in [-0.3, -0.25) is 9.36 Å². The van der Waals surface area contributed by atoms with Gasteiger partial charge < -0.3 is 9.47 Å². The maximum absolute atomic E-state index is 13.6. The van der Waals surface area contributed by atoms with Crippen LogP contribution in [0.25, 0.3) is 6.08 Å². The van der Waals surface area contributed by atoms with Crippen molar-refractivity contribution in [2.75, 3.05) is 13.2 Å². The van der Waals surface area contributed by atoms with Gasteiger partial charge in [0.1, 0.15) is 12.4 Å². The topological polar surface area (TPSA) is 69.9 Å². The van der Waals surface area contributed by atoms with Gasteiger partial charge >= 0.3 is 5.97 Å². The Morgan fingerprint density at radius 3 is 2.71 bits per heavy atom. The Morgan fingerprint density at radius 2 is 2.03 bits per heavy atom. The van der Waals surface area contributed by atoms with Crippen LogP contribution in [0.15, 0.2) is 75.5 Å². The molecule has 1 unspecified atom stereocenters. The van der Waals surface area contributed by atoms with E-state index in [1.165, 1.54) is 17.4 Å². The van der Waals surface area contributed by atoms with E-state index in [1.807, 2.05) is 47.9 Å². The zero-order chi connectivity index (χ0) is 24.8. The van der Waals surface area contributed by atoms with E-state index in [2.05, 4.69) is 18.5 Å². The van der Waals surface area contributed by atoms with Crippen molar-refractivity contribution >= 4 is 34.7 Å². The van der Waals surface area contributed by atoms with Crippen LogP contribution < -0.4 is 19.6 Å². The summed E-state index contributed by atoms with van der Waals surface area (Å²) in [5.41, 5.74) is 1.48. The van der Waals surface area contributed by atoms with E-state index in [4.69, 9.17) is 9.47 Å². The summed E-state index contributed by atoms with van der Waals surface area (Å²) in [4.78, 5) is 32.8. The maximum Gasteiger partial charge on any atom is 0.338 e. The SMILES string of the molecule is C=CCOC(=O)C1=C(C)N=c2s/c(=C\c3cccs3)c(=O)n2C1c1ccc(OCCCCC)cc1. The van der Waals surface area contributed by atoms with E-state index in [9.17, 15) is 9.59 Å². The predicted molar refractivity (Wildman–Crippen MR) is 141 cm³/mol. The number of carbonyl (C=O) groups excluding carboxylic acids is 1. The first kappa shape index (κ1) is 24.9. The summed E-state index contributed by atoms with van der Waals surface area (Å²) < 4.78 is 13.4. The van der Waals surface area contributed by atoms with Crippen LogP contribution >= 0.6 is 22.7 Å². The van der Waals surface area contributed by atoms with Crippen molar-refractivity contribution < 1.29 is 14.3 Å². The number of rotatable bonds is 10. The molecule has 0 radical (unpaired) electrons. The summed E-state index contributed by atoms with van der Waals surface area (Å²) >= 11 is 2.88. The molecule has 0 spiro atoms. The molecule has 182 valence electrons. The van der Waals surface area contributed by atoms with Gasteiger partial charge in [0.05, 0.1) is 28.5 Å². The van der Waals surface area contributed by atoms with Gasteiger partial charge in [0, 0.05) is 4.88 Å². The maximum atomic E-state index is 13.6. The largest absolute Gasteiger partial charge is 0.494 e. The quantitative estimate of drug-likeness (QED) is 0.228. The Morgan fingerprint density at radius 1 is 1.23 bits per heavy atom. The molecule has 0 bridgehead atoms. The Kier molecular flexibility index (Phi) is 8.15. The minimum Gasteiger partial charge on any atom is -0.494 e. The molecule has 0 saturated carbocycles. The normalized spacial score (nSPS) is 15.5. The number of aromatic nitrogens is 1. The van der Waals surface area contributed by atoms with E-state index in [-0.39, 0.29) is 12.2 Å². The molecule has 6 nitrogen and oxygen atoms in total. The third-order valence-corrected chi connectivity index (χ3v) is 7.41. The fourth-order valence-electron chi connectivity index (χ4n) is 3.90. The first-order valence-electron chi connectivity index (χ1n) is 11.6. The molecule has 1 atom stereocenters. The fraction of sp³-hybridized carbons (Fsp3) is 0.296. The zero-order valence-electron chi connectivity index (χ0n) is 19.9. The molecule has 0 N–H and O–H groups in total. The summed E-state index contributed by atoms with van der Waals surface area (Å²) in [6, 6.07) is 10.8. The van der Waals surface area contributed by atoms with E-state index in [1.54, 1.807) is 22.8 Å². The number of thiophene rings is 1. The highest BCUT2D eigenvalue weighted by atomic mass is 32.1. The fourth-order valence-corrected chi connectivity index (χ4v) is 5.67. The molecule has 0 amide bonds. The molecule has 35 heavy (non-hydrogen) atoms. The monoisotopic (exact) mass is 508 g/mol. The number of ether oxygens (including phenoxy) is 2. The van der Waals surface area contributed by atoms with Crippen molar-refractivity contribution in [2.45, 2.75) is 39.2 Å². The van der Waals surface area contributed by atoms with E-state index in [0.29, 0.717) is 27.2 Å². The van der Waals surface area contributed by atoms with Gasteiger partial charge in [-0.1, -0.05) is 62.0 Å². The standard InChI is InChI=1S/C27H28N2O4S2/c1-4-6-7-15-32-20-12-10-19(11-13-20)24-23(26(31)33-14-5-2)18(3)28-27-29(24)25(30)22(35-27)17-21-9-8-16-34-21/h5,8-13,16-17,24H,2,4,6-7,14-15H2,1,3H3/b22-17-. The highest BCUT2D eigenvalue weighted by Gasteiger charge is 2.33. The lowest BCUT2D eigenvalue weighted by atomic mass is 9.96. The summed E-state index contributed by atoms with van der Waals surface area (Å²) in [7, 11) is 0. The molecular formula is C27H28N2O4S2. The Hall–Kier alpha value is -3.23. The number of allylic oxidation sites excluding steroid dienone is 1. The molecule has 4 rings (SSSR count). The van der Waals surface area contributed by atoms with Crippen LogP contribution in [0, 0.1) is 0 Å². The van der Waals surface area contributed by atoms with Crippen LogP contribution in [-0.4, -0.2) is 23.8 Å². The van der Waals surface area contributed by atoms with Crippen molar-refractivity contribution in [3.05, 3.63) is 95.8 Å². The van der Waals surface area contributed by atoms with Crippen LogP contribution in [0.3, 0.4) is 0 Å². The molecular weight excluding hydrogens is 480 g/mol. The Balaban J connectivity index is 1.78. The Bertz CT molecular complexity index is 1400. The van der Waals surface area contributed by atoms with Crippen LogP contribution in [0.1, 0.15) is 49.6 Å². The van der Waals surface area contributed by atoms with Crippen molar-refractivity contribution in [1.82, 2.24) is 4.57 Å². The van der Waals surface area contributed by atoms with E-state index < -0.39 is 12.0 Å². The third-order valence-electron chi connectivity index (χ3n) is 5.60. The first-order chi connectivity index (χ1) is 17.0. The molecule has 3 heterocycles. The third kappa shape index (κ3) is 5.55. The van der Waals surface area contributed by atoms with E-state index >= 15 is 0 Å². The molecule has 0 fully saturated rings. The number of hydrogen-bond donors (Lipinski definition) is 0. The van der Waals surface area contributed by atoms with Gasteiger partial charge in [-0.15, -0.1) is 11.3 Å². The number of nitrogens with zero attached hydrogens (tertiary/aromatic N) is 2. The van der Waals surface area contributed by atoms with E-state index in [0.717, 1.165) is 35.5 Å². The molecule has 1 aliphatic heterocycles. The second-order valence-electron chi connectivity index (χ2n) is 8.11. The van der Waals surface area contributed by atoms with Crippen LogP contribution in [0.4, 0.5) is 0 Å². The summed E-state index contributed by atoms with van der Waals surface area (Å²) in [5.74, 6) is 0.245. The van der Waals surface area contributed by atoms with Crippen molar-refractivity contribution in [3.8, 4) is 5.75 Å². The highest BCUT2D eigenvalue weighted by Crippen LogP contribution is 2.31. The van der Waals surface area contributed by atoms with Gasteiger partial charge in [0.15, 0.2) is 4.80 Å². The highest BCUT2D eigenvalue weighted by molar-refractivity contribution is 7.11. The molecule has 2 aromatic heterocycles. The van der Waals surface area contributed by atoms with Crippen molar-refractivity contribution in [2.24, 2.45) is 4.99 Å². The number of hydrogen-bond acceptors (Lipinski definition) is 7. The molecule has 1 aromatic carbocycles. The number of esters is 1. The van der Waals surface area contributed by atoms with Gasteiger partial charge in [-0.2, -0.15) is 0 Å². The van der Waals surface area contributed by atoms with Crippen LogP contribution in [-0.2, 0) is 9.53 Å². The van der Waals surface area contributed by atoms with Crippen LogP contribution in [0.5, 0.6) is 5.75 Å². The number of fused-ring (bicyclic) bond motifs is 1. The van der Waals surface area contributed by atoms with Crippen molar-refractivity contribution in [1.29, 1.82) is 0 Å². The zero-order valence-corrected chi connectivity index (χ0v) is 21.5. The van der Waals surface area contributed by atoms with Crippen molar-refractivity contribution in [3.63, 3.8) is 0 Å². The molecule has 1 aliphatic rings. The molecule has 0 aliphatic carbocycles. The average molecular weight is 509 g/mol. The lowest BCUT2D eigenvalue weighted by Crippen LogP contribution is -2.39. The molecule has 0 saturated heterocycles. The lowest BCUT2D eigenvalue weighted by Gasteiger charge is -2.24. The molecule has 8 heteroatoms. The van der Waals surface area contributed by atoms with Gasteiger partial charge in [-0.05, 0) is 48.6 Å².